The molecule has 1 amide bonds. The number of aromatic amines is 1. The van der Waals surface area contributed by atoms with Crippen LogP contribution in [0.3, 0.4) is 0 Å². The predicted molar refractivity (Wildman–Crippen MR) is 78.3 cm³/mol. The molecule has 1 atom stereocenters. The van der Waals surface area contributed by atoms with Gasteiger partial charge in [-0.2, -0.15) is 0 Å². The van der Waals surface area contributed by atoms with Crippen molar-refractivity contribution in [2.24, 2.45) is 5.73 Å². The van der Waals surface area contributed by atoms with Crippen molar-refractivity contribution >= 4 is 23.3 Å². The highest BCUT2D eigenvalue weighted by molar-refractivity contribution is 6.29. The monoisotopic (exact) mass is 306 g/mol. The molecular formula is C13H15ClN6O. The summed E-state index contributed by atoms with van der Waals surface area (Å²) in [6, 6.07) is 1.46. The predicted octanol–water partition coefficient (Wildman–Crippen LogP) is 1.34. The van der Waals surface area contributed by atoms with Crippen LogP contribution >= 0.6 is 11.6 Å². The first kappa shape index (κ1) is 13.8. The Labute approximate surface area is 126 Å². The summed E-state index contributed by atoms with van der Waals surface area (Å²) in [5.41, 5.74) is 5.71. The van der Waals surface area contributed by atoms with Crippen molar-refractivity contribution in [2.45, 2.75) is 18.8 Å². The van der Waals surface area contributed by atoms with Gasteiger partial charge >= 0.3 is 0 Å². The number of aromatic nitrogens is 4. The molecule has 3 heterocycles. The molecule has 1 saturated heterocycles. The fraction of sp³-hybridized carbons (Fsp3) is 0.385. The van der Waals surface area contributed by atoms with Gasteiger partial charge in [0.1, 0.15) is 5.82 Å². The van der Waals surface area contributed by atoms with E-state index in [0.29, 0.717) is 17.9 Å². The van der Waals surface area contributed by atoms with E-state index in [9.17, 15) is 4.79 Å². The van der Waals surface area contributed by atoms with Gasteiger partial charge in [0.25, 0.3) is 5.91 Å². The molecule has 3 rings (SSSR count). The zero-order valence-electron chi connectivity index (χ0n) is 11.3. The number of nitrogens with two attached hydrogens (primary N) is 1. The molecule has 0 saturated carbocycles. The molecule has 2 aromatic heterocycles. The van der Waals surface area contributed by atoms with Crippen molar-refractivity contribution in [3.8, 4) is 0 Å². The Balaban J connectivity index is 1.88. The van der Waals surface area contributed by atoms with Crippen LogP contribution < -0.4 is 10.6 Å². The average Bonchev–Trinajstić information content (AvgIpc) is 3.01. The standard InChI is InChI=1S/C13H15ClN6O/c14-10-6-9(11(15)21)13(19-18-10)20-5-1-2-8(7-20)12-16-3-4-17-12/h3-4,6,8H,1-2,5,7H2,(H2,15,21)(H,16,17). The molecule has 3 N–H and O–H groups in total. The molecule has 0 radical (unpaired) electrons. The summed E-state index contributed by atoms with van der Waals surface area (Å²) in [6.07, 6.45) is 5.57. The summed E-state index contributed by atoms with van der Waals surface area (Å²) in [5.74, 6) is 1.15. The molecule has 1 aliphatic rings. The number of piperidine rings is 1. The highest BCUT2D eigenvalue weighted by Gasteiger charge is 2.26. The van der Waals surface area contributed by atoms with E-state index >= 15 is 0 Å². The SMILES string of the molecule is NC(=O)c1cc(Cl)nnc1N1CCCC(c2ncc[nH]2)C1. The summed E-state index contributed by atoms with van der Waals surface area (Å²) in [7, 11) is 0. The van der Waals surface area contributed by atoms with Crippen LogP contribution in [0.4, 0.5) is 5.82 Å². The molecule has 110 valence electrons. The quantitative estimate of drug-likeness (QED) is 0.891. The van der Waals surface area contributed by atoms with Crippen LogP contribution in [0.15, 0.2) is 18.5 Å². The smallest absolute Gasteiger partial charge is 0.252 e. The van der Waals surface area contributed by atoms with Crippen LogP contribution in [0.25, 0.3) is 0 Å². The van der Waals surface area contributed by atoms with E-state index in [-0.39, 0.29) is 11.1 Å². The molecule has 0 spiro atoms. The number of anilines is 1. The number of carbonyl (C=O) groups excluding carboxylic acids is 1. The van der Waals surface area contributed by atoms with Crippen molar-refractivity contribution < 1.29 is 4.79 Å². The number of imidazole rings is 1. The summed E-state index contributed by atoms with van der Waals surface area (Å²) in [5, 5.41) is 8.04. The van der Waals surface area contributed by atoms with E-state index in [2.05, 4.69) is 20.2 Å². The second-order valence-electron chi connectivity index (χ2n) is 5.03. The van der Waals surface area contributed by atoms with Crippen LogP contribution in [-0.4, -0.2) is 39.2 Å². The molecule has 8 heteroatoms. The Morgan fingerprint density at radius 2 is 2.33 bits per heavy atom. The van der Waals surface area contributed by atoms with E-state index in [1.165, 1.54) is 6.07 Å². The van der Waals surface area contributed by atoms with Gasteiger partial charge in [0.05, 0.1) is 5.56 Å². The van der Waals surface area contributed by atoms with Gasteiger partial charge in [-0.25, -0.2) is 4.98 Å². The topological polar surface area (TPSA) is 101 Å². The lowest BCUT2D eigenvalue weighted by molar-refractivity contribution is 0.1000. The van der Waals surface area contributed by atoms with Crippen molar-refractivity contribution in [1.29, 1.82) is 0 Å². The molecule has 21 heavy (non-hydrogen) atoms. The van der Waals surface area contributed by atoms with Gasteiger partial charge < -0.3 is 15.6 Å². The van der Waals surface area contributed by atoms with Crippen molar-refractivity contribution in [1.82, 2.24) is 20.2 Å². The number of nitrogens with one attached hydrogen (secondary N) is 1. The van der Waals surface area contributed by atoms with E-state index < -0.39 is 5.91 Å². The Morgan fingerprint density at radius 3 is 3.05 bits per heavy atom. The number of hydrogen-bond acceptors (Lipinski definition) is 5. The maximum Gasteiger partial charge on any atom is 0.252 e. The molecule has 1 unspecified atom stereocenters. The van der Waals surface area contributed by atoms with Gasteiger partial charge in [0.15, 0.2) is 11.0 Å². The minimum absolute atomic E-state index is 0.159. The molecular weight excluding hydrogens is 292 g/mol. The Bertz CT molecular complexity index is 644. The van der Waals surface area contributed by atoms with Gasteiger partial charge in [-0.3, -0.25) is 4.79 Å². The summed E-state index contributed by atoms with van der Waals surface area (Å²) in [6.45, 7) is 1.51. The fourth-order valence-electron chi connectivity index (χ4n) is 2.67. The number of halogens is 1. The first-order chi connectivity index (χ1) is 10.1. The number of nitrogens with zero attached hydrogens (tertiary/aromatic N) is 4. The third kappa shape index (κ3) is 2.82. The van der Waals surface area contributed by atoms with Gasteiger partial charge in [-0.15, -0.1) is 10.2 Å². The first-order valence-corrected chi connectivity index (χ1v) is 7.10. The highest BCUT2D eigenvalue weighted by Crippen LogP contribution is 2.29. The van der Waals surface area contributed by atoms with Crippen molar-refractivity contribution in [3.05, 3.63) is 35.0 Å². The number of carbonyl (C=O) groups is 1. The minimum Gasteiger partial charge on any atom is -0.365 e. The van der Waals surface area contributed by atoms with Gasteiger partial charge in [-0.05, 0) is 18.9 Å². The molecule has 0 aliphatic carbocycles. The van der Waals surface area contributed by atoms with Gasteiger partial charge in [0.2, 0.25) is 0 Å². The summed E-state index contributed by atoms with van der Waals surface area (Å²) < 4.78 is 0. The molecule has 1 aliphatic heterocycles. The average molecular weight is 307 g/mol. The van der Waals surface area contributed by atoms with Gasteiger partial charge in [-0.1, -0.05) is 11.6 Å². The Kier molecular flexibility index (Phi) is 3.74. The van der Waals surface area contributed by atoms with Crippen LogP contribution in [0, 0.1) is 0 Å². The number of primary amides is 1. The third-order valence-corrected chi connectivity index (χ3v) is 3.82. The largest absolute Gasteiger partial charge is 0.365 e. The van der Waals surface area contributed by atoms with Crippen LogP contribution in [0.5, 0.6) is 0 Å². The Morgan fingerprint density at radius 1 is 1.48 bits per heavy atom. The normalized spacial score (nSPS) is 18.7. The highest BCUT2D eigenvalue weighted by atomic mass is 35.5. The number of rotatable bonds is 3. The maximum absolute atomic E-state index is 11.6. The van der Waals surface area contributed by atoms with E-state index in [1.807, 2.05) is 11.1 Å². The van der Waals surface area contributed by atoms with E-state index in [4.69, 9.17) is 17.3 Å². The van der Waals surface area contributed by atoms with Crippen molar-refractivity contribution in [3.63, 3.8) is 0 Å². The van der Waals surface area contributed by atoms with E-state index in [1.54, 1.807) is 6.20 Å². The first-order valence-electron chi connectivity index (χ1n) is 6.72. The number of hydrogen-bond donors (Lipinski definition) is 2. The Hall–Kier alpha value is -2.15. The molecule has 7 nitrogen and oxygen atoms in total. The molecule has 0 aromatic carbocycles. The molecule has 2 aromatic rings. The van der Waals surface area contributed by atoms with Crippen LogP contribution in [0.2, 0.25) is 5.15 Å². The molecule has 0 bridgehead atoms. The second kappa shape index (κ2) is 5.69. The summed E-state index contributed by atoms with van der Waals surface area (Å²) >= 11 is 5.79. The third-order valence-electron chi connectivity index (χ3n) is 3.64. The van der Waals surface area contributed by atoms with Crippen molar-refractivity contribution in [2.75, 3.05) is 18.0 Å². The van der Waals surface area contributed by atoms with E-state index in [0.717, 1.165) is 25.2 Å². The zero-order valence-corrected chi connectivity index (χ0v) is 12.0. The molecule has 1 fully saturated rings. The van der Waals surface area contributed by atoms with Crippen LogP contribution in [-0.2, 0) is 0 Å². The number of H-pyrrole nitrogens is 1. The zero-order chi connectivity index (χ0) is 14.8. The lowest BCUT2D eigenvalue weighted by atomic mass is 9.97. The maximum atomic E-state index is 11.6. The second-order valence-corrected chi connectivity index (χ2v) is 5.42. The van der Waals surface area contributed by atoms with Gasteiger partial charge in [0, 0.05) is 31.4 Å². The number of amides is 1. The minimum atomic E-state index is -0.554. The fourth-order valence-corrected chi connectivity index (χ4v) is 2.82. The summed E-state index contributed by atoms with van der Waals surface area (Å²) in [4.78, 5) is 21.0. The lowest BCUT2D eigenvalue weighted by Crippen LogP contribution is -2.37. The lowest BCUT2D eigenvalue weighted by Gasteiger charge is -2.33. The van der Waals surface area contributed by atoms with Crippen LogP contribution in [0.1, 0.15) is 34.9 Å².